The summed E-state index contributed by atoms with van der Waals surface area (Å²) in [5.41, 5.74) is 2.99. The molecule has 0 spiro atoms. The maximum atomic E-state index is 12.6. The van der Waals surface area contributed by atoms with Crippen molar-refractivity contribution in [1.29, 1.82) is 0 Å². The lowest BCUT2D eigenvalue weighted by molar-refractivity contribution is 0.0988. The first-order chi connectivity index (χ1) is 10.2. The third-order valence-corrected chi connectivity index (χ3v) is 3.37. The van der Waals surface area contributed by atoms with Gasteiger partial charge in [-0.15, -0.1) is 0 Å². The summed E-state index contributed by atoms with van der Waals surface area (Å²) in [5.74, 6) is 0.605. The zero-order chi connectivity index (χ0) is 14.8. The average Bonchev–Trinajstić information content (AvgIpc) is 2.88. The highest BCUT2D eigenvalue weighted by Gasteiger charge is 2.16. The van der Waals surface area contributed by atoms with Gasteiger partial charge < -0.3 is 9.32 Å². The Balaban J connectivity index is 1.99. The minimum absolute atomic E-state index is 0.0197. The van der Waals surface area contributed by atoms with Crippen molar-refractivity contribution in [2.75, 3.05) is 11.4 Å². The van der Waals surface area contributed by atoms with Gasteiger partial charge >= 0.3 is 0 Å². The third-order valence-electron chi connectivity index (χ3n) is 3.37. The van der Waals surface area contributed by atoms with Crippen LogP contribution < -0.4 is 4.90 Å². The highest BCUT2D eigenvalue weighted by atomic mass is 16.3. The Hall–Kier alpha value is -2.62. The molecule has 2 aromatic carbocycles. The van der Waals surface area contributed by atoms with Crippen LogP contribution in [0.4, 0.5) is 5.69 Å². The molecule has 0 radical (unpaired) electrons. The van der Waals surface area contributed by atoms with Gasteiger partial charge in [0.25, 0.3) is 5.91 Å². The zero-order valence-electron chi connectivity index (χ0n) is 12.0. The SMILES string of the molecule is CCN(C(=O)c1ccccc1)c1ccc2nc(C)oc2c1. The van der Waals surface area contributed by atoms with Crippen molar-refractivity contribution in [2.45, 2.75) is 13.8 Å². The van der Waals surface area contributed by atoms with E-state index in [2.05, 4.69) is 4.98 Å². The van der Waals surface area contributed by atoms with Crippen molar-refractivity contribution in [3.05, 3.63) is 60.0 Å². The molecule has 0 aliphatic carbocycles. The first-order valence-electron chi connectivity index (χ1n) is 6.93. The van der Waals surface area contributed by atoms with E-state index >= 15 is 0 Å². The minimum atomic E-state index is -0.0197. The van der Waals surface area contributed by atoms with Gasteiger partial charge in [0.1, 0.15) is 5.52 Å². The van der Waals surface area contributed by atoms with E-state index < -0.39 is 0 Å². The highest BCUT2D eigenvalue weighted by Crippen LogP contribution is 2.24. The Morgan fingerprint density at radius 2 is 1.95 bits per heavy atom. The summed E-state index contributed by atoms with van der Waals surface area (Å²) in [6, 6.07) is 14.9. The van der Waals surface area contributed by atoms with Crippen molar-refractivity contribution in [3.63, 3.8) is 0 Å². The Labute approximate surface area is 123 Å². The van der Waals surface area contributed by atoms with E-state index in [1.807, 2.05) is 62.4 Å². The van der Waals surface area contributed by atoms with Crippen LogP contribution in [0.15, 0.2) is 52.9 Å². The van der Waals surface area contributed by atoms with Crippen LogP contribution in [0, 0.1) is 6.92 Å². The maximum absolute atomic E-state index is 12.6. The summed E-state index contributed by atoms with van der Waals surface area (Å²) in [5, 5.41) is 0. The average molecular weight is 280 g/mol. The summed E-state index contributed by atoms with van der Waals surface area (Å²) in [6.45, 7) is 4.36. The lowest BCUT2D eigenvalue weighted by atomic mass is 10.1. The molecule has 1 heterocycles. The summed E-state index contributed by atoms with van der Waals surface area (Å²) < 4.78 is 5.54. The number of rotatable bonds is 3. The van der Waals surface area contributed by atoms with Crippen LogP contribution in [0.5, 0.6) is 0 Å². The molecule has 0 saturated heterocycles. The van der Waals surface area contributed by atoms with Crippen molar-refractivity contribution < 1.29 is 9.21 Å². The zero-order valence-corrected chi connectivity index (χ0v) is 12.0. The number of hydrogen-bond donors (Lipinski definition) is 0. The molecule has 21 heavy (non-hydrogen) atoms. The van der Waals surface area contributed by atoms with Crippen LogP contribution in [0.3, 0.4) is 0 Å². The van der Waals surface area contributed by atoms with Crippen molar-refractivity contribution >= 4 is 22.7 Å². The van der Waals surface area contributed by atoms with Gasteiger partial charge in [0.05, 0.1) is 0 Å². The first-order valence-corrected chi connectivity index (χ1v) is 6.93. The lowest BCUT2D eigenvalue weighted by Crippen LogP contribution is -2.30. The van der Waals surface area contributed by atoms with Gasteiger partial charge in [0.15, 0.2) is 11.5 Å². The number of hydrogen-bond acceptors (Lipinski definition) is 3. The standard InChI is InChI=1S/C17H16N2O2/c1-3-19(17(20)13-7-5-4-6-8-13)14-9-10-15-16(11-14)21-12(2)18-15/h4-11H,3H2,1-2H3. The molecule has 0 atom stereocenters. The normalized spacial score (nSPS) is 10.8. The number of aromatic nitrogens is 1. The smallest absolute Gasteiger partial charge is 0.258 e. The van der Waals surface area contributed by atoms with Gasteiger partial charge in [-0.05, 0) is 31.2 Å². The minimum Gasteiger partial charge on any atom is -0.441 e. The topological polar surface area (TPSA) is 46.3 Å². The second kappa shape index (κ2) is 5.40. The summed E-state index contributed by atoms with van der Waals surface area (Å²) in [7, 11) is 0. The molecular weight excluding hydrogens is 264 g/mol. The molecule has 3 aromatic rings. The predicted octanol–water partition coefficient (Wildman–Crippen LogP) is 3.80. The summed E-state index contributed by atoms with van der Waals surface area (Å²) >= 11 is 0. The molecule has 1 aromatic heterocycles. The Kier molecular flexibility index (Phi) is 3.44. The molecule has 0 bridgehead atoms. The molecule has 3 rings (SSSR count). The van der Waals surface area contributed by atoms with E-state index in [-0.39, 0.29) is 5.91 Å². The van der Waals surface area contributed by atoms with Crippen LogP contribution in [0.1, 0.15) is 23.2 Å². The molecule has 0 saturated carbocycles. The second-order valence-electron chi connectivity index (χ2n) is 4.80. The summed E-state index contributed by atoms with van der Waals surface area (Å²) in [6.07, 6.45) is 0. The third kappa shape index (κ3) is 2.52. The van der Waals surface area contributed by atoms with Crippen molar-refractivity contribution in [3.8, 4) is 0 Å². The Morgan fingerprint density at radius 3 is 2.67 bits per heavy atom. The molecule has 0 aliphatic rings. The highest BCUT2D eigenvalue weighted by molar-refractivity contribution is 6.06. The fourth-order valence-electron chi connectivity index (χ4n) is 2.38. The van der Waals surface area contributed by atoms with Gasteiger partial charge in [0.2, 0.25) is 0 Å². The fourth-order valence-corrected chi connectivity index (χ4v) is 2.38. The molecular formula is C17H16N2O2. The van der Waals surface area contributed by atoms with Crippen LogP contribution >= 0.6 is 0 Å². The number of nitrogens with zero attached hydrogens (tertiary/aromatic N) is 2. The maximum Gasteiger partial charge on any atom is 0.258 e. The number of anilines is 1. The predicted molar refractivity (Wildman–Crippen MR) is 82.5 cm³/mol. The molecule has 4 heteroatoms. The quantitative estimate of drug-likeness (QED) is 0.733. The van der Waals surface area contributed by atoms with Gasteiger partial charge in [-0.1, -0.05) is 18.2 Å². The van der Waals surface area contributed by atoms with Crippen LogP contribution in [0.25, 0.3) is 11.1 Å². The molecule has 0 aliphatic heterocycles. The molecule has 1 amide bonds. The Morgan fingerprint density at radius 1 is 1.19 bits per heavy atom. The van der Waals surface area contributed by atoms with Gasteiger partial charge in [-0.25, -0.2) is 4.98 Å². The lowest BCUT2D eigenvalue weighted by Gasteiger charge is -2.21. The number of aryl methyl sites for hydroxylation is 1. The van der Waals surface area contributed by atoms with Crippen molar-refractivity contribution in [2.24, 2.45) is 0 Å². The summed E-state index contributed by atoms with van der Waals surface area (Å²) in [4.78, 5) is 18.6. The van der Waals surface area contributed by atoms with Gasteiger partial charge in [-0.3, -0.25) is 4.79 Å². The Bertz CT molecular complexity index is 778. The number of oxazole rings is 1. The number of benzene rings is 2. The van der Waals surface area contributed by atoms with E-state index in [9.17, 15) is 4.79 Å². The second-order valence-corrected chi connectivity index (χ2v) is 4.80. The number of carbonyl (C=O) groups excluding carboxylic acids is 1. The van der Waals surface area contributed by atoms with E-state index in [1.165, 1.54) is 0 Å². The van der Waals surface area contributed by atoms with Crippen LogP contribution in [-0.4, -0.2) is 17.4 Å². The molecule has 106 valence electrons. The number of amides is 1. The van der Waals surface area contributed by atoms with Crippen molar-refractivity contribution in [1.82, 2.24) is 4.98 Å². The van der Waals surface area contributed by atoms with Gasteiger partial charge in [-0.2, -0.15) is 0 Å². The largest absolute Gasteiger partial charge is 0.441 e. The van der Waals surface area contributed by atoms with Crippen LogP contribution in [0.2, 0.25) is 0 Å². The first kappa shape index (κ1) is 13.4. The molecule has 4 nitrogen and oxygen atoms in total. The van der Waals surface area contributed by atoms with Crippen LogP contribution in [-0.2, 0) is 0 Å². The van der Waals surface area contributed by atoms with Gasteiger partial charge in [0, 0.05) is 30.8 Å². The fraction of sp³-hybridized carbons (Fsp3) is 0.176. The number of fused-ring (bicyclic) bond motifs is 1. The molecule has 0 N–H and O–H groups in total. The van der Waals surface area contributed by atoms with E-state index in [1.54, 1.807) is 4.90 Å². The number of carbonyl (C=O) groups is 1. The molecule has 0 fully saturated rings. The van der Waals surface area contributed by atoms with E-state index in [0.29, 0.717) is 23.6 Å². The van der Waals surface area contributed by atoms with E-state index in [4.69, 9.17) is 4.42 Å². The monoisotopic (exact) mass is 280 g/mol. The molecule has 0 unspecified atom stereocenters. The van der Waals surface area contributed by atoms with E-state index in [0.717, 1.165) is 11.2 Å².